The molecule has 0 aliphatic carbocycles. The monoisotopic (exact) mass is 402 g/mol. The fraction of sp³-hybridized carbons (Fsp3) is 0.611. The van der Waals surface area contributed by atoms with Gasteiger partial charge in [-0.1, -0.05) is 0 Å². The van der Waals surface area contributed by atoms with E-state index in [4.69, 9.17) is 4.74 Å². The van der Waals surface area contributed by atoms with Gasteiger partial charge in [-0.2, -0.15) is 13.2 Å². The van der Waals surface area contributed by atoms with Crippen LogP contribution in [-0.2, 0) is 17.9 Å². The van der Waals surface area contributed by atoms with Crippen LogP contribution in [0.3, 0.4) is 0 Å². The lowest BCUT2D eigenvalue weighted by Gasteiger charge is -2.38. The summed E-state index contributed by atoms with van der Waals surface area (Å²) in [6, 6.07) is 1.86. The summed E-state index contributed by atoms with van der Waals surface area (Å²) in [6.07, 6.45) is -3.01. The molecule has 2 saturated heterocycles. The molecule has 2 fully saturated rings. The molecule has 10 heteroatoms. The lowest BCUT2D eigenvalue weighted by Crippen LogP contribution is -2.63. The molecule has 0 aromatic heterocycles. The van der Waals surface area contributed by atoms with E-state index in [1.54, 1.807) is 11.0 Å². The molecular formula is C18H22F4N4O2. The summed E-state index contributed by atoms with van der Waals surface area (Å²) in [7, 11) is 0. The Morgan fingerprint density at radius 1 is 1.14 bits per heavy atom. The molecule has 28 heavy (non-hydrogen) atoms. The number of nitrogens with zero attached hydrogens (tertiary/aromatic N) is 1. The highest BCUT2D eigenvalue weighted by atomic mass is 19.4. The summed E-state index contributed by atoms with van der Waals surface area (Å²) in [5.74, 6) is -3.61. The van der Waals surface area contributed by atoms with Gasteiger partial charge in [0.05, 0.1) is 0 Å². The van der Waals surface area contributed by atoms with Gasteiger partial charge < -0.3 is 10.1 Å². The van der Waals surface area contributed by atoms with Crippen LogP contribution in [0.2, 0.25) is 0 Å². The summed E-state index contributed by atoms with van der Waals surface area (Å²) in [5.41, 5.74) is 5.93. The van der Waals surface area contributed by atoms with Crippen LogP contribution in [0.5, 0.6) is 5.75 Å². The maximum absolute atomic E-state index is 14.5. The number of piperidine rings is 1. The van der Waals surface area contributed by atoms with Gasteiger partial charge in [0.25, 0.3) is 0 Å². The van der Waals surface area contributed by atoms with Crippen molar-refractivity contribution < 1.29 is 27.1 Å². The van der Waals surface area contributed by atoms with Gasteiger partial charge in [-0.15, -0.1) is 0 Å². The first kappa shape index (κ1) is 19.4. The van der Waals surface area contributed by atoms with E-state index in [1.165, 1.54) is 6.07 Å². The maximum Gasteiger partial charge on any atom is 0.402 e. The third-order valence-electron chi connectivity index (χ3n) is 5.56. The number of ether oxygens (including phenoxy) is 1. The van der Waals surface area contributed by atoms with E-state index < -0.39 is 29.9 Å². The standard InChI is InChI=1S/C18H22F4N4O2/c19-13-4-10-8-26(14-7-24-25-17(27)16(14)18(20,21)22)9-11(10)5-15(13)28-12-2-1-3-23-6-12/h4-5,12,14,16,23-24H,1-3,6-9H2,(H,25,27). The van der Waals surface area contributed by atoms with Crippen molar-refractivity contribution in [1.29, 1.82) is 0 Å². The summed E-state index contributed by atoms with van der Waals surface area (Å²) < 4.78 is 60.5. The molecule has 1 amide bonds. The smallest absolute Gasteiger partial charge is 0.402 e. The van der Waals surface area contributed by atoms with Crippen molar-refractivity contribution in [1.82, 2.24) is 21.1 Å². The Bertz CT molecular complexity index is 752. The van der Waals surface area contributed by atoms with Crippen molar-refractivity contribution in [3.63, 3.8) is 0 Å². The molecule has 1 aromatic carbocycles. The number of hydrogen-bond acceptors (Lipinski definition) is 5. The van der Waals surface area contributed by atoms with Crippen LogP contribution in [0.1, 0.15) is 24.0 Å². The average Bonchev–Trinajstić information content (AvgIpc) is 3.04. The molecule has 3 aliphatic rings. The largest absolute Gasteiger partial charge is 0.486 e. The van der Waals surface area contributed by atoms with E-state index in [-0.39, 0.29) is 31.5 Å². The minimum atomic E-state index is -4.65. The summed E-state index contributed by atoms with van der Waals surface area (Å²) in [5, 5.41) is 3.19. The Morgan fingerprint density at radius 2 is 1.89 bits per heavy atom. The second-order valence-electron chi connectivity index (χ2n) is 7.50. The molecule has 1 aromatic rings. The number of halogens is 4. The maximum atomic E-state index is 14.5. The van der Waals surface area contributed by atoms with Crippen molar-refractivity contribution in [3.8, 4) is 5.75 Å². The quantitative estimate of drug-likeness (QED) is 0.668. The predicted octanol–water partition coefficient (Wildman–Crippen LogP) is 1.45. The molecule has 4 rings (SSSR count). The number of carbonyl (C=O) groups excluding carboxylic acids is 1. The first-order chi connectivity index (χ1) is 13.3. The van der Waals surface area contributed by atoms with Gasteiger partial charge in [-0.25, -0.2) is 9.82 Å². The van der Waals surface area contributed by atoms with Crippen LogP contribution in [0.4, 0.5) is 17.6 Å². The lowest BCUT2D eigenvalue weighted by molar-refractivity contribution is -0.201. The predicted molar refractivity (Wildman–Crippen MR) is 91.6 cm³/mol. The Labute approximate surface area is 159 Å². The minimum Gasteiger partial charge on any atom is -0.486 e. The number of alkyl halides is 3. The van der Waals surface area contributed by atoms with Crippen LogP contribution >= 0.6 is 0 Å². The normalized spacial score (nSPS) is 28.7. The molecule has 6 nitrogen and oxygen atoms in total. The topological polar surface area (TPSA) is 65.6 Å². The van der Waals surface area contributed by atoms with Crippen molar-refractivity contribution >= 4 is 5.91 Å². The fourth-order valence-electron chi connectivity index (χ4n) is 4.17. The number of amides is 1. The number of fused-ring (bicyclic) bond motifs is 1. The van der Waals surface area contributed by atoms with Crippen LogP contribution in [0.25, 0.3) is 0 Å². The Hall–Kier alpha value is -1.91. The zero-order chi connectivity index (χ0) is 19.9. The van der Waals surface area contributed by atoms with Crippen LogP contribution < -0.4 is 20.9 Å². The Morgan fingerprint density at radius 3 is 2.57 bits per heavy atom. The second kappa shape index (κ2) is 7.49. The van der Waals surface area contributed by atoms with Gasteiger partial charge >= 0.3 is 6.18 Å². The molecule has 0 spiro atoms. The van der Waals surface area contributed by atoms with Gasteiger partial charge in [-0.3, -0.25) is 15.1 Å². The fourth-order valence-corrected chi connectivity index (χ4v) is 4.17. The van der Waals surface area contributed by atoms with E-state index in [0.29, 0.717) is 12.1 Å². The highest BCUT2D eigenvalue weighted by Gasteiger charge is 2.53. The van der Waals surface area contributed by atoms with Crippen molar-refractivity contribution in [2.45, 2.75) is 44.3 Å². The number of benzene rings is 1. The van der Waals surface area contributed by atoms with E-state index >= 15 is 0 Å². The molecule has 0 bridgehead atoms. The lowest BCUT2D eigenvalue weighted by atomic mass is 9.95. The number of rotatable bonds is 3. The van der Waals surface area contributed by atoms with E-state index in [9.17, 15) is 22.4 Å². The summed E-state index contributed by atoms with van der Waals surface area (Å²) in [6.45, 7) is 1.87. The molecule has 0 radical (unpaired) electrons. The second-order valence-corrected chi connectivity index (χ2v) is 7.50. The van der Waals surface area contributed by atoms with E-state index in [0.717, 1.165) is 24.9 Å². The van der Waals surface area contributed by atoms with Gasteiger partial charge in [-0.05, 0) is 42.6 Å². The molecule has 3 aliphatic heterocycles. The third-order valence-corrected chi connectivity index (χ3v) is 5.56. The Balaban J connectivity index is 1.52. The zero-order valence-electron chi connectivity index (χ0n) is 15.1. The Kier molecular flexibility index (Phi) is 5.19. The van der Waals surface area contributed by atoms with Gasteiger partial charge in [0, 0.05) is 32.2 Å². The van der Waals surface area contributed by atoms with Gasteiger partial charge in [0.15, 0.2) is 17.5 Å². The molecular weight excluding hydrogens is 380 g/mol. The molecule has 3 atom stereocenters. The summed E-state index contributed by atoms with van der Waals surface area (Å²) in [4.78, 5) is 13.4. The first-order valence-electron chi connectivity index (χ1n) is 9.35. The SMILES string of the molecule is O=C1NNCC(N2Cc3cc(F)c(OC4CCCNC4)cc3C2)C1C(F)(F)F. The summed E-state index contributed by atoms with van der Waals surface area (Å²) >= 11 is 0. The third kappa shape index (κ3) is 3.81. The highest BCUT2D eigenvalue weighted by Crippen LogP contribution is 2.37. The highest BCUT2D eigenvalue weighted by molar-refractivity contribution is 5.80. The van der Waals surface area contributed by atoms with Crippen LogP contribution in [-0.4, -0.2) is 48.8 Å². The molecule has 3 heterocycles. The minimum absolute atomic E-state index is 0.0382. The average molecular weight is 402 g/mol. The van der Waals surface area contributed by atoms with Crippen LogP contribution in [0.15, 0.2) is 12.1 Å². The van der Waals surface area contributed by atoms with Crippen molar-refractivity contribution in [3.05, 3.63) is 29.1 Å². The number of hydrogen-bond donors (Lipinski definition) is 3. The number of carbonyl (C=O) groups is 1. The van der Waals surface area contributed by atoms with E-state index in [1.807, 2.05) is 0 Å². The van der Waals surface area contributed by atoms with Crippen molar-refractivity contribution in [2.75, 3.05) is 19.6 Å². The van der Waals surface area contributed by atoms with Crippen LogP contribution in [0, 0.1) is 11.7 Å². The molecule has 0 saturated carbocycles. The first-order valence-corrected chi connectivity index (χ1v) is 9.35. The molecule has 3 unspecified atom stereocenters. The molecule has 154 valence electrons. The van der Waals surface area contributed by atoms with Gasteiger partial charge in [0.1, 0.15) is 6.10 Å². The van der Waals surface area contributed by atoms with E-state index in [2.05, 4.69) is 16.2 Å². The zero-order valence-corrected chi connectivity index (χ0v) is 15.1. The number of hydrazine groups is 1. The number of nitrogens with one attached hydrogen (secondary N) is 3. The van der Waals surface area contributed by atoms with Crippen molar-refractivity contribution in [2.24, 2.45) is 5.92 Å². The molecule has 3 N–H and O–H groups in total. The van der Waals surface area contributed by atoms with Gasteiger partial charge in [0.2, 0.25) is 5.91 Å².